The number of nitrogens with two attached hydrogens (primary N) is 1. The quantitative estimate of drug-likeness (QED) is 0.0195. The van der Waals surface area contributed by atoms with Gasteiger partial charge in [-0.15, -0.1) is 0 Å². The van der Waals surface area contributed by atoms with E-state index in [2.05, 4.69) is 15.7 Å². The molecule has 5 aliphatic carbocycles. The largest absolute Gasteiger partial charge is 0.455 e. The van der Waals surface area contributed by atoms with E-state index in [1.807, 2.05) is 0 Å². The number of alkyl halides is 3. The molecule has 2 bridgehead atoms. The Kier molecular flexibility index (Phi) is 22.6. The Hall–Kier alpha value is -8.93. The number of aliphatic hydroxyl groups excluding tert-OH is 2. The smallest absolute Gasteiger partial charge is 0.435 e. The van der Waals surface area contributed by atoms with Crippen molar-refractivity contribution in [3.05, 3.63) is 124 Å². The number of rotatable bonds is 21. The highest BCUT2D eigenvalue weighted by molar-refractivity contribution is 6.01. The van der Waals surface area contributed by atoms with Gasteiger partial charge in [-0.3, -0.25) is 19.2 Å². The van der Waals surface area contributed by atoms with Gasteiger partial charge in [0.05, 0.1) is 52.1 Å². The van der Waals surface area contributed by atoms with E-state index >= 15 is 9.59 Å². The molecule has 0 spiro atoms. The minimum atomic E-state index is -4.89. The molecular formula is C76H96F3N7O19. The van der Waals surface area contributed by atoms with Crippen LogP contribution >= 0.6 is 0 Å². The molecule has 26 nitrogen and oxygen atoms in total. The van der Waals surface area contributed by atoms with Crippen molar-refractivity contribution in [2.24, 2.45) is 27.9 Å². The van der Waals surface area contributed by atoms with E-state index in [-0.39, 0.29) is 83.4 Å². The number of alkyl carbamates (subject to hydrolysis) is 1. The number of esters is 3. The minimum Gasteiger partial charge on any atom is -0.455 e. The van der Waals surface area contributed by atoms with E-state index in [4.69, 9.17) is 38.9 Å². The summed E-state index contributed by atoms with van der Waals surface area (Å²) in [5.41, 5.74) is -4.95. The molecule has 570 valence electrons. The fourth-order valence-electron chi connectivity index (χ4n) is 16.2. The van der Waals surface area contributed by atoms with Crippen LogP contribution in [0.4, 0.5) is 33.2 Å². The Morgan fingerprint density at radius 1 is 0.819 bits per heavy atom. The van der Waals surface area contributed by atoms with Gasteiger partial charge in [-0.2, -0.15) is 18.3 Å². The third kappa shape index (κ3) is 16.0. The van der Waals surface area contributed by atoms with Crippen molar-refractivity contribution < 1.29 is 105 Å². The number of nitrogens with one attached hydrogen (secondary N) is 2. The Balaban J connectivity index is 0.801. The van der Waals surface area contributed by atoms with Gasteiger partial charge in [-0.25, -0.2) is 28.7 Å². The Labute approximate surface area is 607 Å². The van der Waals surface area contributed by atoms with Crippen molar-refractivity contribution in [2.75, 3.05) is 39.1 Å². The molecule has 1 aliphatic heterocycles. The number of carbonyl (C=O) groups is 9. The summed E-state index contributed by atoms with van der Waals surface area (Å²) >= 11 is 0. The summed E-state index contributed by atoms with van der Waals surface area (Å²) in [6.07, 6.45) is -15.1. The van der Waals surface area contributed by atoms with Gasteiger partial charge in [0.2, 0.25) is 6.10 Å². The number of nitrogens with zero attached hydrogens (tertiary/aromatic N) is 4. The van der Waals surface area contributed by atoms with Crippen molar-refractivity contribution in [1.82, 2.24) is 24.9 Å². The lowest BCUT2D eigenvalue weighted by Crippen LogP contribution is -2.81. The topological polar surface area (TPSA) is 353 Å². The van der Waals surface area contributed by atoms with Crippen LogP contribution in [0.25, 0.3) is 5.69 Å². The van der Waals surface area contributed by atoms with Crippen LogP contribution in [0.1, 0.15) is 194 Å². The number of carbonyl (C=O) groups excluding carboxylic acids is 9. The van der Waals surface area contributed by atoms with Crippen LogP contribution in [0.15, 0.2) is 90.0 Å². The Morgan fingerprint density at radius 3 is 2.02 bits per heavy atom. The molecule has 4 aromatic rings. The molecule has 0 radical (unpaired) electrons. The van der Waals surface area contributed by atoms with E-state index < -0.39 is 165 Å². The second kappa shape index (κ2) is 30.1. The SMILES string of the molecule is CC(=O)O[C@@]12CO[C@@H]1C[C@@H](O)C1(C)C(=O)[C@H](O)C3=C(C)[C@@H](OC(=O)[C@H](OC(=O)N(C)CCCCCCN(C)C(=O)OC4CCC(Nc5cc(-n6nc(C(F)(F)F)c7c6CC(C)(C)CC7=O)ccc5C(N)=O)CC4)[C@@H](NC(=O)OC(C)(C)C)c4ccccc4)C[C@@](O)([C@@H](OC(=O)c4ccccc4)[C@@H]12)C3(C)C. The predicted octanol–water partition coefficient (Wildman–Crippen LogP) is 9.85. The van der Waals surface area contributed by atoms with Gasteiger partial charge in [0, 0.05) is 70.5 Å². The van der Waals surface area contributed by atoms with Crippen molar-refractivity contribution in [2.45, 2.75) is 224 Å². The number of aliphatic hydroxyl groups is 3. The molecule has 7 N–H and O–H groups in total. The zero-order chi connectivity index (χ0) is 76.8. The number of aromatic nitrogens is 2. The van der Waals surface area contributed by atoms with E-state index in [1.165, 1.54) is 74.9 Å². The van der Waals surface area contributed by atoms with Gasteiger partial charge in [0.15, 0.2) is 22.9 Å². The zero-order valence-electron chi connectivity index (χ0n) is 61.3. The van der Waals surface area contributed by atoms with Gasteiger partial charge < -0.3 is 74.6 Å². The molecule has 6 aliphatic rings. The van der Waals surface area contributed by atoms with Crippen LogP contribution in [0.2, 0.25) is 0 Å². The van der Waals surface area contributed by atoms with Crippen molar-refractivity contribution in [3.8, 4) is 5.69 Å². The first-order valence-electron chi connectivity index (χ1n) is 35.5. The molecule has 4 amide bonds. The maximum absolute atomic E-state index is 15.5. The average molecular weight is 1470 g/mol. The predicted molar refractivity (Wildman–Crippen MR) is 371 cm³/mol. The summed E-state index contributed by atoms with van der Waals surface area (Å²) in [7, 11) is 3.05. The highest BCUT2D eigenvalue weighted by Crippen LogP contribution is 2.64. The van der Waals surface area contributed by atoms with Crippen molar-refractivity contribution >= 4 is 59.3 Å². The van der Waals surface area contributed by atoms with Crippen LogP contribution < -0.4 is 16.4 Å². The van der Waals surface area contributed by atoms with Gasteiger partial charge in [0.1, 0.15) is 47.8 Å². The number of halogens is 3. The summed E-state index contributed by atoms with van der Waals surface area (Å²) in [5.74, 6) is -7.10. The molecule has 105 heavy (non-hydrogen) atoms. The Morgan fingerprint density at radius 2 is 1.44 bits per heavy atom. The molecule has 11 atom stereocenters. The lowest BCUT2D eigenvalue weighted by Gasteiger charge is -2.67. The third-order valence-electron chi connectivity index (χ3n) is 21.8. The van der Waals surface area contributed by atoms with E-state index in [9.17, 15) is 62.1 Å². The zero-order valence-corrected chi connectivity index (χ0v) is 61.3. The molecule has 4 fully saturated rings. The summed E-state index contributed by atoms with van der Waals surface area (Å²) in [6.45, 7) is 15.5. The monoisotopic (exact) mass is 1470 g/mol. The molecule has 1 aromatic heterocycles. The summed E-state index contributed by atoms with van der Waals surface area (Å²) in [6, 6.07) is 18.4. The van der Waals surface area contributed by atoms with Crippen LogP contribution in [-0.2, 0) is 60.1 Å². The first-order valence-corrected chi connectivity index (χ1v) is 35.5. The first-order chi connectivity index (χ1) is 49.1. The first kappa shape index (κ1) is 78.7. The highest BCUT2D eigenvalue weighted by atomic mass is 19.4. The molecule has 2 heterocycles. The van der Waals surface area contributed by atoms with E-state index in [0.29, 0.717) is 57.9 Å². The number of anilines is 1. The van der Waals surface area contributed by atoms with Gasteiger partial charge >= 0.3 is 42.4 Å². The highest BCUT2D eigenvalue weighted by Gasteiger charge is 2.78. The number of unbranched alkanes of at least 4 members (excludes halogenated alkanes) is 3. The standard InChI is InChI=1S/C76H96F3N7O19/c1-41-52(39-75(98)63(103-65(93)44-25-19-16-20-26-44)60-73(10,62(91)58(90)56(41)72(75,8)9)53(89)36-54-74(60,40-99-54)104-42(2)87)101-66(94)59(57(43-23-17-15-18-24-43)82-67(95)105-70(3,4)5)102-69(97)85(12)34-22-14-13-21-33-84(11)68(96)100-47-30-27-45(28-31-47)81-49-35-46(29-32-48(49)64(80)92)86-50-37-71(6,7)38-51(88)55(50)61(83-86)76(77,78)79/h15-20,23-26,29,32,35,45,47,52-54,57-60,63,81,89-90,98H,13-14,21-22,27-28,30-31,33-34,36-40H2,1-12H3,(H2,80,92)(H,82,95)/t45?,47?,52-,53+,54+,57-,58+,59+,60-,63-,73?,74-,75+/m0/s1. The van der Waals surface area contributed by atoms with Gasteiger partial charge in [-0.05, 0) is 132 Å². The molecule has 3 aromatic carbocycles. The second-order valence-corrected chi connectivity index (χ2v) is 31.3. The lowest BCUT2D eigenvalue weighted by atomic mass is 9.44. The number of hydrogen-bond acceptors (Lipinski definition) is 21. The van der Waals surface area contributed by atoms with Crippen LogP contribution in [0, 0.1) is 22.2 Å². The van der Waals surface area contributed by atoms with E-state index in [0.717, 1.165) is 11.6 Å². The maximum Gasteiger partial charge on any atom is 0.435 e. The van der Waals surface area contributed by atoms with Crippen molar-refractivity contribution in [1.29, 1.82) is 0 Å². The molecular weight excluding hydrogens is 1370 g/mol. The number of Topliss-reactive ketones (excluding diaryl/α,β-unsaturated/α-hetero) is 2. The fraction of sp³-hybridized carbons (Fsp3) is 0.579. The number of hydrogen-bond donors (Lipinski definition) is 6. The maximum atomic E-state index is 15.5. The third-order valence-corrected chi connectivity index (χ3v) is 21.8. The van der Waals surface area contributed by atoms with Crippen molar-refractivity contribution in [3.63, 3.8) is 0 Å². The van der Waals surface area contributed by atoms with E-state index in [1.54, 1.807) is 90.2 Å². The van der Waals surface area contributed by atoms with Gasteiger partial charge in [0.25, 0.3) is 5.91 Å². The number of ketones is 2. The fourth-order valence-corrected chi connectivity index (χ4v) is 16.2. The molecule has 3 saturated carbocycles. The minimum absolute atomic E-state index is 0.0240. The summed E-state index contributed by atoms with van der Waals surface area (Å²) in [5, 5.41) is 48.6. The molecule has 29 heteroatoms. The second-order valence-electron chi connectivity index (χ2n) is 31.3. The van der Waals surface area contributed by atoms with Crippen LogP contribution in [0.3, 0.4) is 0 Å². The Bertz CT molecular complexity index is 4020. The lowest BCUT2D eigenvalue weighted by molar-refractivity contribution is -0.346. The number of ether oxygens (including phenoxy) is 7. The summed E-state index contributed by atoms with van der Waals surface area (Å²) < 4.78 is 86.5. The normalized spacial score (nSPS) is 27.3. The van der Waals surface area contributed by atoms with Crippen LogP contribution in [0.5, 0.6) is 0 Å². The number of fused-ring (bicyclic) bond motifs is 6. The molecule has 1 unspecified atom stereocenters. The number of amides is 4. The molecule has 10 rings (SSSR count). The summed E-state index contributed by atoms with van der Waals surface area (Å²) in [4.78, 5) is 129. The number of primary amides is 1. The van der Waals surface area contributed by atoms with Crippen LogP contribution in [-0.4, -0.2) is 188 Å². The molecule has 1 saturated heterocycles. The average Bonchev–Trinajstić information content (AvgIpc) is 1.10. The van der Waals surface area contributed by atoms with Gasteiger partial charge in [-0.1, -0.05) is 89.1 Å². The number of benzene rings is 3.